The third-order valence-electron chi connectivity index (χ3n) is 4.67. The molecule has 1 heterocycles. The summed E-state index contributed by atoms with van der Waals surface area (Å²) in [5.41, 5.74) is 3.38. The van der Waals surface area contributed by atoms with Gasteiger partial charge in [0.2, 0.25) is 5.91 Å². The van der Waals surface area contributed by atoms with Crippen molar-refractivity contribution in [3.05, 3.63) is 81.4 Å². The molecule has 0 aliphatic carbocycles. The Bertz CT molecular complexity index is 1010. The van der Waals surface area contributed by atoms with E-state index in [0.29, 0.717) is 24.9 Å². The van der Waals surface area contributed by atoms with E-state index in [4.69, 9.17) is 0 Å². The van der Waals surface area contributed by atoms with Crippen molar-refractivity contribution in [2.75, 3.05) is 6.54 Å². The molecule has 0 fully saturated rings. The average Bonchev–Trinajstić information content (AvgIpc) is 2.64. The lowest BCUT2D eigenvalue weighted by atomic mass is 10.0. The van der Waals surface area contributed by atoms with Crippen LogP contribution in [-0.4, -0.2) is 17.4 Å². The predicted molar refractivity (Wildman–Crippen MR) is 105 cm³/mol. The van der Waals surface area contributed by atoms with Gasteiger partial charge >= 0.3 is 0 Å². The van der Waals surface area contributed by atoms with Crippen LogP contribution in [0.1, 0.15) is 23.6 Å². The maximum absolute atomic E-state index is 13.0. The summed E-state index contributed by atoms with van der Waals surface area (Å²) < 4.78 is 13.0. The minimum Gasteiger partial charge on any atom is -0.356 e. The van der Waals surface area contributed by atoms with Gasteiger partial charge in [-0.3, -0.25) is 9.59 Å². The summed E-state index contributed by atoms with van der Waals surface area (Å²) >= 11 is 0. The molecule has 1 atom stereocenters. The fourth-order valence-corrected chi connectivity index (χ4v) is 3.12. The number of amides is 1. The molecule has 0 saturated heterocycles. The fraction of sp³-hybridized carbons (Fsp3) is 0.273. The number of carbonyl (C=O) groups excluding carboxylic acids is 1. The van der Waals surface area contributed by atoms with Crippen molar-refractivity contribution in [1.29, 1.82) is 0 Å². The highest BCUT2D eigenvalue weighted by Gasteiger charge is 2.13. The number of aromatic nitrogens is 1. The topological polar surface area (TPSA) is 62.0 Å². The monoisotopic (exact) mass is 366 g/mol. The molecule has 0 bridgehead atoms. The van der Waals surface area contributed by atoms with Gasteiger partial charge in [0.1, 0.15) is 5.82 Å². The Morgan fingerprint density at radius 2 is 1.89 bits per heavy atom. The molecule has 0 radical (unpaired) electrons. The van der Waals surface area contributed by atoms with Gasteiger partial charge in [-0.1, -0.05) is 30.7 Å². The van der Waals surface area contributed by atoms with Crippen LogP contribution >= 0.6 is 0 Å². The lowest BCUT2D eigenvalue weighted by molar-refractivity contribution is -0.124. The molecule has 140 valence electrons. The highest BCUT2D eigenvalue weighted by atomic mass is 19.1. The first-order valence-electron chi connectivity index (χ1n) is 9.07. The number of rotatable bonds is 6. The van der Waals surface area contributed by atoms with Crippen molar-refractivity contribution < 1.29 is 9.18 Å². The van der Waals surface area contributed by atoms with Crippen LogP contribution in [0.3, 0.4) is 0 Å². The van der Waals surface area contributed by atoms with Crippen molar-refractivity contribution >= 4 is 16.8 Å². The Kier molecular flexibility index (Phi) is 5.69. The largest absolute Gasteiger partial charge is 0.356 e. The highest BCUT2D eigenvalue weighted by Crippen LogP contribution is 2.13. The van der Waals surface area contributed by atoms with Crippen molar-refractivity contribution in [1.82, 2.24) is 10.3 Å². The molecule has 0 aliphatic heterocycles. The summed E-state index contributed by atoms with van der Waals surface area (Å²) in [5.74, 6) is -0.591. The number of hydrogen-bond donors (Lipinski definition) is 2. The van der Waals surface area contributed by atoms with Gasteiger partial charge in [-0.05, 0) is 61.0 Å². The van der Waals surface area contributed by atoms with Gasteiger partial charge in [0.05, 0.1) is 0 Å². The van der Waals surface area contributed by atoms with Gasteiger partial charge in [0, 0.05) is 23.5 Å². The predicted octanol–water partition coefficient (Wildman–Crippen LogP) is 3.51. The Labute approximate surface area is 157 Å². The summed E-state index contributed by atoms with van der Waals surface area (Å²) in [6.07, 6.45) is 1.01. The van der Waals surface area contributed by atoms with E-state index in [-0.39, 0.29) is 23.2 Å². The Morgan fingerprint density at radius 3 is 2.63 bits per heavy atom. The maximum atomic E-state index is 13.0. The van der Waals surface area contributed by atoms with Gasteiger partial charge < -0.3 is 10.3 Å². The molecular formula is C22H23FN2O2. The zero-order valence-corrected chi connectivity index (χ0v) is 15.5. The molecule has 2 N–H and O–H groups in total. The minimum atomic E-state index is -0.286. The molecule has 0 aliphatic rings. The van der Waals surface area contributed by atoms with Gasteiger partial charge in [-0.2, -0.15) is 0 Å². The highest BCUT2D eigenvalue weighted by molar-refractivity contribution is 5.80. The van der Waals surface area contributed by atoms with Gasteiger partial charge in [-0.25, -0.2) is 4.39 Å². The van der Waals surface area contributed by atoms with E-state index in [9.17, 15) is 14.0 Å². The van der Waals surface area contributed by atoms with Crippen LogP contribution in [0.5, 0.6) is 0 Å². The van der Waals surface area contributed by atoms with E-state index in [1.165, 1.54) is 12.1 Å². The van der Waals surface area contributed by atoms with Crippen LogP contribution in [0.4, 0.5) is 4.39 Å². The third kappa shape index (κ3) is 4.82. The molecular weight excluding hydrogens is 343 g/mol. The Balaban J connectivity index is 1.58. The molecule has 0 saturated carbocycles. The number of carbonyl (C=O) groups is 1. The first kappa shape index (κ1) is 18.8. The van der Waals surface area contributed by atoms with Crippen molar-refractivity contribution in [2.45, 2.75) is 26.7 Å². The number of halogens is 1. The van der Waals surface area contributed by atoms with Gasteiger partial charge in [-0.15, -0.1) is 0 Å². The normalized spacial score (nSPS) is 12.1. The zero-order valence-electron chi connectivity index (χ0n) is 15.5. The Hall–Kier alpha value is -2.95. The van der Waals surface area contributed by atoms with E-state index >= 15 is 0 Å². The maximum Gasteiger partial charge on any atom is 0.251 e. The van der Waals surface area contributed by atoms with Crippen LogP contribution in [0.25, 0.3) is 10.9 Å². The van der Waals surface area contributed by atoms with Crippen LogP contribution in [0, 0.1) is 18.7 Å². The molecule has 4 nitrogen and oxygen atoms in total. The van der Waals surface area contributed by atoms with Gasteiger partial charge in [0.15, 0.2) is 0 Å². The average molecular weight is 366 g/mol. The summed E-state index contributed by atoms with van der Waals surface area (Å²) in [4.78, 5) is 27.4. The Morgan fingerprint density at radius 1 is 1.15 bits per heavy atom. The van der Waals surface area contributed by atoms with E-state index in [2.05, 4.69) is 10.3 Å². The lowest BCUT2D eigenvalue weighted by Gasteiger charge is -2.12. The van der Waals surface area contributed by atoms with Crippen LogP contribution in [0.15, 0.2) is 53.3 Å². The third-order valence-corrected chi connectivity index (χ3v) is 4.67. The van der Waals surface area contributed by atoms with E-state index < -0.39 is 0 Å². The second-order valence-electron chi connectivity index (χ2n) is 6.99. The van der Waals surface area contributed by atoms with E-state index in [1.807, 2.05) is 38.1 Å². The minimum absolute atomic E-state index is 0.0765. The van der Waals surface area contributed by atoms with Crippen molar-refractivity contribution in [3.8, 4) is 0 Å². The summed E-state index contributed by atoms with van der Waals surface area (Å²) in [5, 5.41) is 3.87. The fourth-order valence-electron chi connectivity index (χ4n) is 3.12. The summed E-state index contributed by atoms with van der Waals surface area (Å²) in [6.45, 7) is 4.24. The summed E-state index contributed by atoms with van der Waals surface area (Å²) in [7, 11) is 0. The van der Waals surface area contributed by atoms with Crippen LogP contribution in [0.2, 0.25) is 0 Å². The molecule has 2 aromatic carbocycles. The van der Waals surface area contributed by atoms with E-state index in [1.54, 1.807) is 12.1 Å². The quantitative estimate of drug-likeness (QED) is 0.701. The number of fused-ring (bicyclic) bond motifs is 1. The number of pyridine rings is 1. The molecule has 5 heteroatoms. The van der Waals surface area contributed by atoms with E-state index in [0.717, 1.165) is 22.0 Å². The number of aryl methyl sites for hydroxylation is 1. The first-order valence-corrected chi connectivity index (χ1v) is 9.07. The number of benzene rings is 2. The number of nitrogens with one attached hydrogen (secondary N) is 2. The smallest absolute Gasteiger partial charge is 0.251 e. The van der Waals surface area contributed by atoms with Crippen molar-refractivity contribution in [3.63, 3.8) is 0 Å². The second-order valence-corrected chi connectivity index (χ2v) is 6.99. The SMILES string of the molecule is Cc1ccc2[nH]c(=O)c(CCNC(=O)C(C)Cc3ccc(F)cc3)cc2c1. The molecule has 1 aromatic heterocycles. The standard InChI is InChI=1S/C22H23FN2O2/c1-14-3-8-20-18(11-14)13-17(22(27)25-20)9-10-24-21(26)15(2)12-16-4-6-19(23)7-5-16/h3-8,11,13,15H,9-10,12H2,1-2H3,(H,24,26)(H,25,27). The number of aromatic amines is 1. The van der Waals surface area contributed by atoms with Crippen molar-refractivity contribution in [2.24, 2.45) is 5.92 Å². The molecule has 27 heavy (non-hydrogen) atoms. The molecule has 1 unspecified atom stereocenters. The molecule has 1 amide bonds. The molecule has 0 spiro atoms. The van der Waals surface area contributed by atoms with Gasteiger partial charge in [0.25, 0.3) is 5.56 Å². The first-order chi connectivity index (χ1) is 12.9. The molecule has 3 aromatic rings. The second kappa shape index (κ2) is 8.16. The van der Waals surface area contributed by atoms with Crippen LogP contribution < -0.4 is 10.9 Å². The van der Waals surface area contributed by atoms with Crippen LogP contribution in [-0.2, 0) is 17.6 Å². The molecule has 3 rings (SSSR count). The number of hydrogen-bond acceptors (Lipinski definition) is 2. The zero-order chi connectivity index (χ0) is 19.4. The number of H-pyrrole nitrogens is 1. The lowest BCUT2D eigenvalue weighted by Crippen LogP contribution is -2.32. The summed E-state index contributed by atoms with van der Waals surface area (Å²) in [6, 6.07) is 13.9.